The molecule has 0 radical (unpaired) electrons. The number of nitrogens with one attached hydrogen (secondary N) is 1. The van der Waals surface area contributed by atoms with Gasteiger partial charge >= 0.3 is 0 Å². The average molecular weight is 318 g/mol. The fourth-order valence-corrected chi connectivity index (χ4v) is 3.28. The molecule has 4 nitrogen and oxygen atoms in total. The van der Waals surface area contributed by atoms with Gasteiger partial charge in [0.25, 0.3) is 5.91 Å². The van der Waals surface area contributed by atoms with Crippen LogP contribution in [0, 0.1) is 11.8 Å². The van der Waals surface area contributed by atoms with Crippen LogP contribution in [0.15, 0.2) is 24.3 Å². The molecule has 1 amide bonds. The Bertz CT molecular complexity index is 516. The monoisotopic (exact) mass is 318 g/mol. The standard InChI is InChI=1S/C19H30N2O2/c1-4-18(14(2)3)20-17-9-5-8-16(11-17)19(23)21-10-6-7-15(12-21)13-22/h5,8-9,11,14-15,18,20,22H,4,6-7,10,12-13H2,1-3H3. The van der Waals surface area contributed by atoms with Gasteiger partial charge in [-0.3, -0.25) is 4.79 Å². The number of piperidine rings is 1. The highest BCUT2D eigenvalue weighted by Gasteiger charge is 2.24. The molecule has 2 rings (SSSR count). The molecule has 0 saturated carbocycles. The molecule has 1 aliphatic heterocycles. The minimum absolute atomic E-state index is 0.0735. The first-order valence-corrected chi connectivity index (χ1v) is 8.81. The van der Waals surface area contributed by atoms with Crippen molar-refractivity contribution in [3.63, 3.8) is 0 Å². The summed E-state index contributed by atoms with van der Waals surface area (Å²) in [6.45, 7) is 8.21. The number of aliphatic hydroxyl groups is 1. The summed E-state index contributed by atoms with van der Waals surface area (Å²) >= 11 is 0. The van der Waals surface area contributed by atoms with Crippen LogP contribution in [0.25, 0.3) is 0 Å². The summed E-state index contributed by atoms with van der Waals surface area (Å²) in [5.41, 5.74) is 1.74. The molecule has 128 valence electrons. The molecule has 1 heterocycles. The smallest absolute Gasteiger partial charge is 0.253 e. The summed E-state index contributed by atoms with van der Waals surface area (Å²) in [4.78, 5) is 14.6. The van der Waals surface area contributed by atoms with Crippen LogP contribution in [0.1, 0.15) is 50.4 Å². The summed E-state index contributed by atoms with van der Waals surface area (Å²) in [5, 5.41) is 12.9. The Hall–Kier alpha value is -1.55. The van der Waals surface area contributed by atoms with E-state index < -0.39 is 0 Å². The Balaban J connectivity index is 2.08. The summed E-state index contributed by atoms with van der Waals surface area (Å²) in [6, 6.07) is 8.21. The van der Waals surface area contributed by atoms with Crippen molar-refractivity contribution < 1.29 is 9.90 Å². The molecule has 0 spiro atoms. The lowest BCUT2D eigenvalue weighted by molar-refractivity contribution is 0.0621. The molecule has 1 fully saturated rings. The molecule has 1 saturated heterocycles. The van der Waals surface area contributed by atoms with Crippen LogP contribution >= 0.6 is 0 Å². The molecule has 2 unspecified atom stereocenters. The Morgan fingerprint density at radius 2 is 2.22 bits per heavy atom. The van der Waals surface area contributed by atoms with Gasteiger partial charge in [-0.15, -0.1) is 0 Å². The first-order valence-electron chi connectivity index (χ1n) is 8.81. The Morgan fingerprint density at radius 1 is 1.43 bits per heavy atom. The molecule has 2 atom stereocenters. The lowest BCUT2D eigenvalue weighted by atomic mass is 9.98. The number of hydrogen-bond donors (Lipinski definition) is 2. The molecule has 0 aliphatic carbocycles. The number of benzene rings is 1. The number of carbonyl (C=O) groups excluding carboxylic acids is 1. The van der Waals surface area contributed by atoms with Crippen molar-refractivity contribution in [3.05, 3.63) is 29.8 Å². The second-order valence-corrected chi connectivity index (χ2v) is 6.93. The minimum atomic E-state index is 0.0735. The molecular weight excluding hydrogens is 288 g/mol. The summed E-state index contributed by atoms with van der Waals surface area (Å²) in [6.07, 6.45) is 3.04. The summed E-state index contributed by atoms with van der Waals surface area (Å²) in [5.74, 6) is 0.843. The van der Waals surface area contributed by atoms with Crippen molar-refractivity contribution in [2.24, 2.45) is 11.8 Å². The zero-order chi connectivity index (χ0) is 16.8. The van der Waals surface area contributed by atoms with Crippen molar-refractivity contribution in [3.8, 4) is 0 Å². The fraction of sp³-hybridized carbons (Fsp3) is 0.632. The zero-order valence-electron chi connectivity index (χ0n) is 14.6. The van der Waals surface area contributed by atoms with Crippen molar-refractivity contribution >= 4 is 11.6 Å². The van der Waals surface area contributed by atoms with E-state index in [1.807, 2.05) is 29.2 Å². The normalized spacial score (nSPS) is 19.7. The van der Waals surface area contributed by atoms with Crippen LogP contribution in [-0.4, -0.2) is 41.7 Å². The molecule has 4 heteroatoms. The average Bonchev–Trinajstić information content (AvgIpc) is 2.59. The second kappa shape index (κ2) is 8.34. The molecular formula is C19H30N2O2. The van der Waals surface area contributed by atoms with Gasteiger partial charge < -0.3 is 15.3 Å². The number of anilines is 1. The molecule has 23 heavy (non-hydrogen) atoms. The highest BCUT2D eigenvalue weighted by molar-refractivity contribution is 5.95. The van der Waals surface area contributed by atoms with E-state index in [1.54, 1.807) is 0 Å². The summed E-state index contributed by atoms with van der Waals surface area (Å²) < 4.78 is 0. The third-order valence-corrected chi connectivity index (χ3v) is 4.77. The van der Waals surface area contributed by atoms with Gasteiger partial charge in [-0.2, -0.15) is 0 Å². The number of rotatable bonds is 6. The van der Waals surface area contributed by atoms with Crippen LogP contribution in [0.2, 0.25) is 0 Å². The van der Waals surface area contributed by atoms with E-state index in [9.17, 15) is 9.90 Å². The van der Waals surface area contributed by atoms with Crippen LogP contribution in [0.5, 0.6) is 0 Å². The molecule has 2 N–H and O–H groups in total. The van der Waals surface area contributed by atoms with Gasteiger partial charge in [-0.25, -0.2) is 0 Å². The van der Waals surface area contributed by atoms with Crippen molar-refractivity contribution in [2.45, 2.75) is 46.1 Å². The lowest BCUT2D eigenvalue weighted by Crippen LogP contribution is -2.41. The first kappa shape index (κ1) is 17.8. The van der Waals surface area contributed by atoms with E-state index in [2.05, 4.69) is 26.1 Å². The van der Waals surface area contributed by atoms with Crippen LogP contribution in [-0.2, 0) is 0 Å². The quantitative estimate of drug-likeness (QED) is 0.845. The number of amides is 1. The van der Waals surface area contributed by atoms with E-state index in [-0.39, 0.29) is 18.4 Å². The minimum Gasteiger partial charge on any atom is -0.396 e. The van der Waals surface area contributed by atoms with E-state index in [4.69, 9.17) is 0 Å². The van der Waals surface area contributed by atoms with Gasteiger partial charge in [0.05, 0.1) is 0 Å². The fourth-order valence-electron chi connectivity index (χ4n) is 3.28. The number of likely N-dealkylation sites (tertiary alicyclic amines) is 1. The maximum absolute atomic E-state index is 12.7. The molecule has 0 aromatic heterocycles. The van der Waals surface area contributed by atoms with Gasteiger partial charge in [0.2, 0.25) is 0 Å². The predicted molar refractivity (Wildman–Crippen MR) is 94.7 cm³/mol. The van der Waals surface area contributed by atoms with Crippen molar-refractivity contribution in [2.75, 3.05) is 25.0 Å². The topological polar surface area (TPSA) is 52.6 Å². The van der Waals surface area contributed by atoms with Crippen LogP contribution in [0.3, 0.4) is 0 Å². The Labute approximate surface area is 139 Å². The second-order valence-electron chi connectivity index (χ2n) is 6.93. The van der Waals surface area contributed by atoms with E-state index in [0.717, 1.165) is 37.1 Å². The summed E-state index contributed by atoms with van der Waals surface area (Å²) in [7, 11) is 0. The van der Waals surface area contributed by atoms with Gasteiger partial charge in [0.15, 0.2) is 0 Å². The number of carbonyl (C=O) groups is 1. The van der Waals surface area contributed by atoms with Crippen molar-refractivity contribution in [1.82, 2.24) is 4.90 Å². The highest BCUT2D eigenvalue weighted by atomic mass is 16.3. The van der Waals surface area contributed by atoms with Gasteiger partial charge in [0.1, 0.15) is 0 Å². The third-order valence-electron chi connectivity index (χ3n) is 4.77. The maximum Gasteiger partial charge on any atom is 0.253 e. The molecule has 1 aromatic carbocycles. The lowest BCUT2D eigenvalue weighted by Gasteiger charge is -2.32. The highest BCUT2D eigenvalue weighted by Crippen LogP contribution is 2.21. The van der Waals surface area contributed by atoms with Gasteiger partial charge in [-0.05, 0) is 49.3 Å². The molecule has 1 aliphatic rings. The Morgan fingerprint density at radius 3 is 2.87 bits per heavy atom. The zero-order valence-corrected chi connectivity index (χ0v) is 14.6. The van der Waals surface area contributed by atoms with E-state index in [1.165, 1.54) is 0 Å². The van der Waals surface area contributed by atoms with Crippen LogP contribution in [0.4, 0.5) is 5.69 Å². The number of aliphatic hydroxyl groups excluding tert-OH is 1. The predicted octanol–water partition coefficient (Wildman–Crippen LogP) is 3.38. The SMILES string of the molecule is CCC(Nc1cccc(C(=O)N2CCCC(CO)C2)c1)C(C)C. The third kappa shape index (κ3) is 4.71. The number of hydrogen-bond acceptors (Lipinski definition) is 3. The Kier molecular flexibility index (Phi) is 6.46. The first-order chi connectivity index (χ1) is 11.0. The van der Waals surface area contributed by atoms with Gasteiger partial charge in [-0.1, -0.05) is 26.8 Å². The van der Waals surface area contributed by atoms with E-state index in [0.29, 0.717) is 18.5 Å². The van der Waals surface area contributed by atoms with Gasteiger partial charge in [0, 0.05) is 37.0 Å². The van der Waals surface area contributed by atoms with Crippen LogP contribution < -0.4 is 5.32 Å². The maximum atomic E-state index is 12.7. The molecule has 1 aromatic rings. The molecule has 0 bridgehead atoms. The van der Waals surface area contributed by atoms with Crippen molar-refractivity contribution in [1.29, 1.82) is 0 Å². The largest absolute Gasteiger partial charge is 0.396 e. The number of nitrogens with zero attached hydrogens (tertiary/aromatic N) is 1. The van der Waals surface area contributed by atoms with E-state index >= 15 is 0 Å².